The van der Waals surface area contributed by atoms with Crippen LogP contribution >= 0.6 is 0 Å². The lowest BCUT2D eigenvalue weighted by Crippen LogP contribution is -2.36. The minimum Gasteiger partial charge on any atom is -0.371 e. The van der Waals surface area contributed by atoms with E-state index in [-0.39, 0.29) is 22.9 Å². The Bertz CT molecular complexity index is 814. The van der Waals surface area contributed by atoms with Crippen molar-refractivity contribution in [2.24, 2.45) is 5.92 Å². The number of aromatic amines is 1. The highest BCUT2D eigenvalue weighted by Gasteiger charge is 2.26. The molecule has 0 bridgehead atoms. The summed E-state index contributed by atoms with van der Waals surface area (Å²) in [4.78, 5) is 31.8. The molecule has 5 heteroatoms. The Labute approximate surface area is 154 Å². The normalized spacial score (nSPS) is 16.9. The van der Waals surface area contributed by atoms with Crippen LogP contribution in [0.4, 0.5) is 5.69 Å². The second-order valence-electron chi connectivity index (χ2n) is 7.43. The highest BCUT2D eigenvalue weighted by molar-refractivity contribution is 5.93. The molecule has 3 rings (SSSR count). The summed E-state index contributed by atoms with van der Waals surface area (Å²) >= 11 is 0. The molecule has 138 valence electrons. The number of benzene rings is 1. The molecule has 1 N–H and O–H groups in total. The summed E-state index contributed by atoms with van der Waals surface area (Å²) in [7, 11) is 1.78. The molecule has 2 heterocycles. The van der Waals surface area contributed by atoms with Crippen molar-refractivity contribution in [2.45, 2.75) is 26.2 Å². The van der Waals surface area contributed by atoms with Crippen LogP contribution in [-0.2, 0) is 0 Å². The SMILES string of the molecule is CC(C)c1ccc(C(=O)N(C)CC2CCN(c3ccccc3)C2)c(=O)[nH]1. The average Bonchev–Trinajstić information content (AvgIpc) is 3.10. The fraction of sp³-hybridized carbons (Fsp3) is 0.429. The Morgan fingerprint density at radius 1 is 1.23 bits per heavy atom. The second-order valence-corrected chi connectivity index (χ2v) is 7.43. The Kier molecular flexibility index (Phi) is 5.45. The van der Waals surface area contributed by atoms with Gasteiger partial charge < -0.3 is 14.8 Å². The third-order valence-electron chi connectivity index (χ3n) is 5.07. The molecule has 1 atom stereocenters. The summed E-state index contributed by atoms with van der Waals surface area (Å²) < 4.78 is 0. The first kappa shape index (κ1) is 18.2. The Morgan fingerprint density at radius 2 is 1.96 bits per heavy atom. The number of hydrogen-bond acceptors (Lipinski definition) is 3. The number of amides is 1. The van der Waals surface area contributed by atoms with E-state index in [0.29, 0.717) is 12.5 Å². The zero-order chi connectivity index (χ0) is 18.7. The van der Waals surface area contributed by atoms with Crippen LogP contribution < -0.4 is 10.5 Å². The van der Waals surface area contributed by atoms with Crippen molar-refractivity contribution >= 4 is 11.6 Å². The quantitative estimate of drug-likeness (QED) is 0.899. The van der Waals surface area contributed by atoms with Gasteiger partial charge in [0, 0.05) is 38.1 Å². The van der Waals surface area contributed by atoms with Gasteiger partial charge in [0.1, 0.15) is 5.56 Å². The summed E-state index contributed by atoms with van der Waals surface area (Å²) in [6.45, 7) is 6.62. The molecule has 5 nitrogen and oxygen atoms in total. The number of para-hydroxylation sites is 1. The lowest BCUT2D eigenvalue weighted by Gasteiger charge is -2.22. The topological polar surface area (TPSA) is 56.4 Å². The Morgan fingerprint density at radius 3 is 2.62 bits per heavy atom. The third kappa shape index (κ3) is 3.98. The molecule has 0 aliphatic carbocycles. The molecule has 0 spiro atoms. The van der Waals surface area contributed by atoms with Gasteiger partial charge in [0.2, 0.25) is 0 Å². The van der Waals surface area contributed by atoms with Crippen LogP contribution in [0.2, 0.25) is 0 Å². The number of aromatic nitrogens is 1. The monoisotopic (exact) mass is 353 g/mol. The molecule has 1 aliphatic rings. The van der Waals surface area contributed by atoms with E-state index in [1.807, 2.05) is 38.1 Å². The van der Waals surface area contributed by atoms with Gasteiger partial charge in [-0.3, -0.25) is 9.59 Å². The maximum atomic E-state index is 12.7. The van der Waals surface area contributed by atoms with Gasteiger partial charge in [-0.05, 0) is 42.5 Å². The Balaban J connectivity index is 1.62. The molecular weight excluding hydrogens is 326 g/mol. The van der Waals surface area contributed by atoms with Crippen molar-refractivity contribution in [3.63, 3.8) is 0 Å². The van der Waals surface area contributed by atoms with Crippen molar-refractivity contribution in [3.8, 4) is 0 Å². The van der Waals surface area contributed by atoms with Gasteiger partial charge >= 0.3 is 0 Å². The molecular formula is C21H27N3O2. The zero-order valence-corrected chi connectivity index (χ0v) is 15.7. The van der Waals surface area contributed by atoms with Crippen molar-refractivity contribution < 1.29 is 4.79 Å². The summed E-state index contributed by atoms with van der Waals surface area (Å²) in [6, 6.07) is 13.8. The van der Waals surface area contributed by atoms with Gasteiger partial charge in [0.15, 0.2) is 0 Å². The standard InChI is InChI=1S/C21H27N3O2/c1-15(2)19-10-9-18(20(25)22-19)21(26)23(3)13-16-11-12-24(14-16)17-7-5-4-6-8-17/h4-10,15-16H,11-14H2,1-3H3,(H,22,25). The van der Waals surface area contributed by atoms with Crippen LogP contribution in [0.5, 0.6) is 0 Å². The smallest absolute Gasteiger partial charge is 0.261 e. The van der Waals surface area contributed by atoms with E-state index < -0.39 is 0 Å². The van der Waals surface area contributed by atoms with Gasteiger partial charge in [-0.25, -0.2) is 0 Å². The van der Waals surface area contributed by atoms with Crippen LogP contribution in [0.15, 0.2) is 47.3 Å². The predicted molar refractivity (Wildman–Crippen MR) is 105 cm³/mol. The molecule has 0 saturated carbocycles. The molecule has 1 aliphatic heterocycles. The van der Waals surface area contributed by atoms with Gasteiger partial charge in [-0.15, -0.1) is 0 Å². The van der Waals surface area contributed by atoms with Crippen LogP contribution in [0.1, 0.15) is 42.2 Å². The summed E-state index contributed by atoms with van der Waals surface area (Å²) in [5.41, 5.74) is 1.99. The predicted octanol–water partition coefficient (Wildman–Crippen LogP) is 3.10. The van der Waals surface area contributed by atoms with E-state index in [9.17, 15) is 9.59 Å². The maximum absolute atomic E-state index is 12.7. The minimum atomic E-state index is -0.301. The number of hydrogen-bond donors (Lipinski definition) is 1. The summed E-state index contributed by atoms with van der Waals surface area (Å²) in [5.74, 6) is 0.435. The van der Waals surface area contributed by atoms with Crippen LogP contribution in [-0.4, -0.2) is 42.5 Å². The number of rotatable bonds is 5. The fourth-order valence-corrected chi connectivity index (χ4v) is 3.52. The average molecular weight is 353 g/mol. The highest BCUT2D eigenvalue weighted by atomic mass is 16.2. The van der Waals surface area contributed by atoms with Crippen molar-refractivity contribution in [1.29, 1.82) is 0 Å². The van der Waals surface area contributed by atoms with Gasteiger partial charge in [-0.1, -0.05) is 32.0 Å². The van der Waals surface area contributed by atoms with Gasteiger partial charge in [-0.2, -0.15) is 0 Å². The van der Waals surface area contributed by atoms with E-state index in [1.165, 1.54) is 5.69 Å². The Hall–Kier alpha value is -2.56. The van der Waals surface area contributed by atoms with Gasteiger partial charge in [0.05, 0.1) is 0 Å². The number of nitrogens with one attached hydrogen (secondary N) is 1. The molecule has 1 aromatic heterocycles. The zero-order valence-electron chi connectivity index (χ0n) is 15.7. The number of carbonyl (C=O) groups excluding carboxylic acids is 1. The molecule has 0 radical (unpaired) electrons. The van der Waals surface area contributed by atoms with E-state index >= 15 is 0 Å². The molecule has 1 aromatic carbocycles. The van der Waals surface area contributed by atoms with Crippen molar-refractivity contribution in [1.82, 2.24) is 9.88 Å². The number of carbonyl (C=O) groups is 1. The van der Waals surface area contributed by atoms with E-state index in [4.69, 9.17) is 0 Å². The third-order valence-corrected chi connectivity index (χ3v) is 5.07. The minimum absolute atomic E-state index is 0.209. The fourth-order valence-electron chi connectivity index (χ4n) is 3.52. The molecule has 26 heavy (non-hydrogen) atoms. The summed E-state index contributed by atoms with van der Waals surface area (Å²) in [6.07, 6.45) is 1.05. The number of pyridine rings is 1. The molecule has 1 unspecified atom stereocenters. The van der Waals surface area contributed by atoms with Crippen LogP contribution in [0, 0.1) is 5.92 Å². The van der Waals surface area contributed by atoms with Crippen molar-refractivity contribution in [2.75, 3.05) is 31.6 Å². The van der Waals surface area contributed by atoms with Gasteiger partial charge in [0.25, 0.3) is 11.5 Å². The number of H-pyrrole nitrogens is 1. The maximum Gasteiger partial charge on any atom is 0.261 e. The van der Waals surface area contributed by atoms with Crippen molar-refractivity contribution in [3.05, 3.63) is 64.1 Å². The van der Waals surface area contributed by atoms with E-state index in [2.05, 4.69) is 22.0 Å². The van der Waals surface area contributed by atoms with Crippen LogP contribution in [0.3, 0.4) is 0 Å². The first-order chi connectivity index (χ1) is 12.5. The largest absolute Gasteiger partial charge is 0.371 e. The molecule has 1 saturated heterocycles. The number of nitrogens with zero attached hydrogens (tertiary/aromatic N) is 2. The molecule has 2 aromatic rings. The lowest BCUT2D eigenvalue weighted by atomic mass is 10.1. The molecule has 1 fully saturated rings. The lowest BCUT2D eigenvalue weighted by molar-refractivity contribution is 0.0774. The number of anilines is 1. The van der Waals surface area contributed by atoms with E-state index in [0.717, 1.165) is 25.2 Å². The van der Waals surface area contributed by atoms with E-state index in [1.54, 1.807) is 18.0 Å². The van der Waals surface area contributed by atoms with Crippen LogP contribution in [0.25, 0.3) is 0 Å². The first-order valence-electron chi connectivity index (χ1n) is 9.24. The first-order valence-corrected chi connectivity index (χ1v) is 9.24. The molecule has 1 amide bonds. The highest BCUT2D eigenvalue weighted by Crippen LogP contribution is 2.24. The second kappa shape index (κ2) is 7.77. The summed E-state index contributed by atoms with van der Waals surface area (Å²) in [5, 5.41) is 0.